The summed E-state index contributed by atoms with van der Waals surface area (Å²) < 4.78 is 2.87. The number of Topliss-reactive ketones (excluding diaryl/α,β-unsaturated/α-hetero) is 1. The average Bonchev–Trinajstić information content (AvgIpc) is 2.88. The van der Waals surface area contributed by atoms with Crippen LogP contribution in [0.2, 0.25) is 0 Å². The van der Waals surface area contributed by atoms with Crippen LogP contribution < -0.4 is 0 Å². The zero-order valence-electron chi connectivity index (χ0n) is 12.7. The third-order valence-corrected chi connectivity index (χ3v) is 4.27. The Morgan fingerprint density at radius 1 is 1.27 bits per heavy atom. The first-order valence-electron chi connectivity index (χ1n) is 7.25. The lowest BCUT2D eigenvalue weighted by molar-refractivity contribution is 0.101. The Labute approximate surface area is 138 Å². The van der Waals surface area contributed by atoms with Crippen LogP contribution in [0, 0.1) is 0 Å². The number of rotatable bonds is 3. The maximum Gasteiger partial charge on any atom is 0.208 e. The van der Waals surface area contributed by atoms with Crippen LogP contribution in [0.25, 0.3) is 0 Å². The van der Waals surface area contributed by atoms with Crippen LogP contribution in [0.5, 0.6) is 0 Å². The molecule has 1 aromatic heterocycles. The summed E-state index contributed by atoms with van der Waals surface area (Å²) in [6.45, 7) is 0.615. The largest absolute Gasteiger partial charge is 0.383 e. The number of aromatic nitrogens is 2. The maximum absolute atomic E-state index is 12.7. The summed E-state index contributed by atoms with van der Waals surface area (Å²) in [7, 11) is 3.88. The lowest BCUT2D eigenvalue weighted by Gasteiger charge is -2.18. The van der Waals surface area contributed by atoms with Gasteiger partial charge >= 0.3 is 0 Å². The molecule has 0 amide bonds. The molecule has 0 aliphatic heterocycles. The topological polar surface area (TPSA) is 38.1 Å². The first-order valence-corrected chi connectivity index (χ1v) is 8.05. The molecular formula is C17H18BrN3O. The summed E-state index contributed by atoms with van der Waals surface area (Å²) in [5, 5.41) is 4.42. The van der Waals surface area contributed by atoms with Crippen LogP contribution in [0.3, 0.4) is 0 Å². The van der Waals surface area contributed by atoms with E-state index in [1.165, 1.54) is 0 Å². The lowest BCUT2D eigenvalue weighted by Crippen LogP contribution is -2.20. The van der Waals surface area contributed by atoms with E-state index in [4.69, 9.17) is 0 Å². The molecule has 0 bridgehead atoms. The summed E-state index contributed by atoms with van der Waals surface area (Å²) in [6.07, 6.45) is 5.41. The minimum absolute atomic E-state index is 0.101. The number of nitrogens with zero attached hydrogens (tertiary/aromatic N) is 3. The molecule has 1 heterocycles. The van der Waals surface area contributed by atoms with Gasteiger partial charge in [0.1, 0.15) is 5.69 Å². The van der Waals surface area contributed by atoms with Crippen molar-refractivity contribution in [1.82, 2.24) is 14.7 Å². The molecule has 0 saturated heterocycles. The van der Waals surface area contributed by atoms with Crippen molar-refractivity contribution >= 4 is 21.7 Å². The summed E-state index contributed by atoms with van der Waals surface area (Å²) in [5.74, 6) is 0.101. The Hall–Kier alpha value is -1.88. The molecule has 114 valence electrons. The fourth-order valence-electron chi connectivity index (χ4n) is 2.72. The summed E-state index contributed by atoms with van der Waals surface area (Å²) in [4.78, 5) is 14.6. The predicted molar refractivity (Wildman–Crippen MR) is 89.9 cm³/mol. The zero-order chi connectivity index (χ0) is 15.7. The van der Waals surface area contributed by atoms with Crippen LogP contribution in [0.15, 0.2) is 46.7 Å². The number of ketones is 1. The van der Waals surface area contributed by atoms with Gasteiger partial charge in [-0.3, -0.25) is 9.48 Å². The van der Waals surface area contributed by atoms with Gasteiger partial charge in [-0.2, -0.15) is 5.10 Å². The van der Waals surface area contributed by atoms with Crippen LogP contribution in [-0.2, 0) is 13.0 Å². The number of aryl methyl sites for hydroxylation is 1. The molecule has 1 aliphatic rings. The molecule has 1 aliphatic carbocycles. The quantitative estimate of drug-likeness (QED) is 0.789. The minimum Gasteiger partial charge on any atom is -0.383 e. The number of carbonyl (C=O) groups excluding carboxylic acids is 1. The molecule has 2 aromatic rings. The van der Waals surface area contributed by atoms with Gasteiger partial charge in [0.2, 0.25) is 5.78 Å². The molecule has 0 radical (unpaired) electrons. The number of halogens is 1. The van der Waals surface area contributed by atoms with Crippen molar-refractivity contribution in [2.24, 2.45) is 0 Å². The van der Waals surface area contributed by atoms with Crippen molar-refractivity contribution in [1.29, 1.82) is 0 Å². The summed E-state index contributed by atoms with van der Waals surface area (Å²) in [6, 6.07) is 8.10. The van der Waals surface area contributed by atoms with Gasteiger partial charge < -0.3 is 4.90 Å². The number of fused-ring (bicyclic) bond motifs is 1. The zero-order valence-corrected chi connectivity index (χ0v) is 14.3. The van der Waals surface area contributed by atoms with E-state index in [1.807, 2.05) is 60.3 Å². The molecule has 0 unspecified atom stereocenters. The van der Waals surface area contributed by atoms with Gasteiger partial charge in [-0.05, 0) is 30.5 Å². The van der Waals surface area contributed by atoms with E-state index in [0.717, 1.165) is 39.7 Å². The molecule has 22 heavy (non-hydrogen) atoms. The van der Waals surface area contributed by atoms with E-state index in [1.54, 1.807) is 0 Å². The third-order valence-electron chi connectivity index (χ3n) is 3.75. The highest BCUT2D eigenvalue weighted by molar-refractivity contribution is 9.10. The predicted octanol–water partition coefficient (Wildman–Crippen LogP) is 3.27. The SMILES string of the molecule is CN(C)C=C1CCc2cnn(Cc3ccc(Br)cc3)c2C1=O. The third kappa shape index (κ3) is 2.99. The molecule has 4 nitrogen and oxygen atoms in total. The van der Waals surface area contributed by atoms with E-state index in [9.17, 15) is 4.79 Å². The fraction of sp³-hybridized carbons (Fsp3) is 0.294. The minimum atomic E-state index is 0.101. The molecular weight excluding hydrogens is 342 g/mol. The van der Waals surface area contributed by atoms with Gasteiger partial charge in [0.05, 0.1) is 12.7 Å². The average molecular weight is 360 g/mol. The van der Waals surface area contributed by atoms with Crippen molar-refractivity contribution in [3.8, 4) is 0 Å². The van der Waals surface area contributed by atoms with Crippen LogP contribution in [-0.4, -0.2) is 34.6 Å². The van der Waals surface area contributed by atoms with Gasteiger partial charge in [-0.25, -0.2) is 0 Å². The standard InChI is InChI=1S/C17H18BrN3O/c1-20(2)11-14-6-5-13-9-19-21(16(13)17(14)22)10-12-3-7-15(18)8-4-12/h3-4,7-9,11H,5-6,10H2,1-2H3. The molecule has 0 fully saturated rings. The smallest absolute Gasteiger partial charge is 0.208 e. The molecule has 1 aromatic carbocycles. The van der Waals surface area contributed by atoms with Crippen molar-refractivity contribution < 1.29 is 4.79 Å². The Balaban J connectivity index is 1.92. The Kier molecular flexibility index (Phi) is 4.16. The Bertz CT molecular complexity index is 729. The Morgan fingerprint density at radius 2 is 2.00 bits per heavy atom. The van der Waals surface area contributed by atoms with Gasteiger partial charge in [0, 0.05) is 35.9 Å². The molecule has 0 N–H and O–H groups in total. The van der Waals surface area contributed by atoms with Crippen LogP contribution in [0.4, 0.5) is 0 Å². The molecule has 5 heteroatoms. The van der Waals surface area contributed by atoms with Crippen molar-refractivity contribution in [2.45, 2.75) is 19.4 Å². The molecule has 0 saturated carbocycles. The van der Waals surface area contributed by atoms with E-state index < -0.39 is 0 Å². The van der Waals surface area contributed by atoms with E-state index in [-0.39, 0.29) is 5.78 Å². The van der Waals surface area contributed by atoms with Crippen LogP contribution >= 0.6 is 15.9 Å². The van der Waals surface area contributed by atoms with E-state index in [2.05, 4.69) is 21.0 Å². The van der Waals surface area contributed by atoms with Crippen LogP contribution in [0.1, 0.15) is 28.0 Å². The number of carbonyl (C=O) groups is 1. The number of hydrogen-bond donors (Lipinski definition) is 0. The number of benzene rings is 1. The van der Waals surface area contributed by atoms with Gasteiger partial charge in [-0.1, -0.05) is 28.1 Å². The molecule has 0 spiro atoms. The van der Waals surface area contributed by atoms with Gasteiger partial charge in [-0.15, -0.1) is 0 Å². The van der Waals surface area contributed by atoms with Gasteiger partial charge in [0.25, 0.3) is 0 Å². The second-order valence-electron chi connectivity index (χ2n) is 5.75. The second-order valence-corrected chi connectivity index (χ2v) is 6.67. The molecule has 0 atom stereocenters. The summed E-state index contributed by atoms with van der Waals surface area (Å²) in [5.41, 5.74) is 3.78. The highest BCUT2D eigenvalue weighted by atomic mass is 79.9. The summed E-state index contributed by atoms with van der Waals surface area (Å²) >= 11 is 3.44. The van der Waals surface area contributed by atoms with Crippen molar-refractivity contribution in [3.05, 3.63) is 63.5 Å². The van der Waals surface area contributed by atoms with E-state index >= 15 is 0 Å². The second kappa shape index (κ2) is 6.08. The molecule has 3 rings (SSSR count). The lowest BCUT2D eigenvalue weighted by atomic mass is 9.92. The normalized spacial score (nSPS) is 16.0. The first-order chi connectivity index (χ1) is 10.5. The highest BCUT2D eigenvalue weighted by Crippen LogP contribution is 2.26. The van der Waals surface area contributed by atoms with Gasteiger partial charge in [0.15, 0.2) is 0 Å². The first kappa shape index (κ1) is 15.0. The van der Waals surface area contributed by atoms with Crippen molar-refractivity contribution in [2.75, 3.05) is 14.1 Å². The fourth-order valence-corrected chi connectivity index (χ4v) is 2.99. The highest BCUT2D eigenvalue weighted by Gasteiger charge is 2.26. The number of allylic oxidation sites excluding steroid dienone is 1. The maximum atomic E-state index is 12.7. The van der Waals surface area contributed by atoms with E-state index in [0.29, 0.717) is 6.54 Å². The Morgan fingerprint density at radius 3 is 2.68 bits per heavy atom. The number of hydrogen-bond acceptors (Lipinski definition) is 3. The van der Waals surface area contributed by atoms with Crippen molar-refractivity contribution in [3.63, 3.8) is 0 Å². The monoisotopic (exact) mass is 359 g/mol.